The Morgan fingerprint density at radius 1 is 1.41 bits per heavy atom. The first kappa shape index (κ1) is 11.9. The molecule has 2 N–H and O–H groups in total. The van der Waals surface area contributed by atoms with Crippen molar-refractivity contribution >= 4 is 32.6 Å². The number of pyridine rings is 1. The van der Waals surface area contributed by atoms with Gasteiger partial charge < -0.3 is 10.5 Å². The molecule has 1 unspecified atom stereocenters. The third kappa shape index (κ3) is 2.39. The molecule has 0 aliphatic rings. The minimum absolute atomic E-state index is 0.491. The lowest BCUT2D eigenvalue weighted by Crippen LogP contribution is -2.30. The first-order chi connectivity index (χ1) is 8.09. The molecule has 0 fully saturated rings. The van der Waals surface area contributed by atoms with Gasteiger partial charge in [-0.15, -0.1) is 0 Å². The molecule has 2 aromatic rings. The molecule has 0 saturated heterocycles. The molecule has 1 aromatic heterocycles. The van der Waals surface area contributed by atoms with Gasteiger partial charge in [0.05, 0.1) is 0 Å². The summed E-state index contributed by atoms with van der Waals surface area (Å²) in [6.07, 6.45) is 2.75. The molecule has 0 aliphatic carbocycles. The van der Waals surface area contributed by atoms with E-state index in [4.69, 9.17) is 10.5 Å². The summed E-state index contributed by atoms with van der Waals surface area (Å²) in [6, 6.07) is 5.49. The summed E-state index contributed by atoms with van der Waals surface area (Å²) in [5.41, 5.74) is 5.17. The zero-order valence-corrected chi connectivity index (χ0v) is 10.8. The molecule has 2 rings (SSSR count). The first-order valence-electron chi connectivity index (χ1n) is 5.08. The Morgan fingerprint density at radius 3 is 2.88 bits per heavy atom. The van der Waals surface area contributed by atoms with E-state index in [0.29, 0.717) is 5.75 Å². The fraction of sp³-hybridized carbons (Fsp3) is 0.167. The van der Waals surface area contributed by atoms with E-state index in [1.54, 1.807) is 25.4 Å². The van der Waals surface area contributed by atoms with Gasteiger partial charge in [-0.3, -0.25) is 9.78 Å². The summed E-state index contributed by atoms with van der Waals surface area (Å²) in [5.74, 6) is 0.132. The van der Waals surface area contributed by atoms with E-state index in [0.717, 1.165) is 15.2 Å². The molecule has 4 nitrogen and oxygen atoms in total. The maximum atomic E-state index is 11.0. The number of ether oxygens (including phenoxy) is 1. The van der Waals surface area contributed by atoms with Crippen molar-refractivity contribution in [3.05, 3.63) is 35.1 Å². The molecule has 1 heterocycles. The van der Waals surface area contributed by atoms with Crippen LogP contribution >= 0.6 is 15.9 Å². The van der Waals surface area contributed by atoms with Crippen molar-refractivity contribution in [1.29, 1.82) is 0 Å². The summed E-state index contributed by atoms with van der Waals surface area (Å²) < 4.78 is 6.45. The zero-order chi connectivity index (χ0) is 12.4. The summed E-state index contributed by atoms with van der Waals surface area (Å²) in [5, 5.41) is 1.82. The smallest absolute Gasteiger partial charge is 0.258 e. The van der Waals surface area contributed by atoms with E-state index in [9.17, 15) is 4.79 Å². The third-order valence-electron chi connectivity index (χ3n) is 2.43. The Bertz CT molecular complexity index is 571. The number of halogens is 1. The van der Waals surface area contributed by atoms with E-state index in [-0.39, 0.29) is 0 Å². The molecule has 0 radical (unpaired) electrons. The highest BCUT2D eigenvalue weighted by Gasteiger charge is 2.13. The number of carbonyl (C=O) groups is 1. The molecule has 0 bridgehead atoms. The fourth-order valence-corrected chi connectivity index (χ4v) is 1.93. The third-order valence-corrected chi connectivity index (χ3v) is 3.12. The molecule has 17 heavy (non-hydrogen) atoms. The highest BCUT2D eigenvalue weighted by Crippen LogP contribution is 2.31. The van der Waals surface area contributed by atoms with Crippen LogP contribution in [0.1, 0.15) is 6.92 Å². The fourth-order valence-electron chi connectivity index (χ4n) is 1.48. The number of nitrogens with two attached hydrogens (primary N) is 1. The second-order valence-electron chi connectivity index (χ2n) is 3.63. The van der Waals surface area contributed by atoms with Gasteiger partial charge in [0.25, 0.3) is 5.91 Å². The number of hydrogen-bond acceptors (Lipinski definition) is 3. The van der Waals surface area contributed by atoms with Crippen molar-refractivity contribution in [2.75, 3.05) is 0 Å². The lowest BCUT2D eigenvalue weighted by Gasteiger charge is -2.13. The number of fused-ring (bicyclic) bond motifs is 1. The quantitative estimate of drug-likeness (QED) is 0.944. The van der Waals surface area contributed by atoms with Crippen LogP contribution in [0.15, 0.2) is 35.1 Å². The summed E-state index contributed by atoms with van der Waals surface area (Å²) in [4.78, 5) is 15.0. The van der Waals surface area contributed by atoms with E-state index in [2.05, 4.69) is 20.9 Å². The summed E-state index contributed by atoms with van der Waals surface area (Å²) in [7, 11) is 0. The van der Waals surface area contributed by atoms with Crippen molar-refractivity contribution in [3.63, 3.8) is 0 Å². The van der Waals surface area contributed by atoms with Crippen LogP contribution in [-0.2, 0) is 4.79 Å². The van der Waals surface area contributed by atoms with Crippen LogP contribution in [0.4, 0.5) is 0 Å². The van der Waals surface area contributed by atoms with E-state index >= 15 is 0 Å². The maximum absolute atomic E-state index is 11.0. The van der Waals surface area contributed by atoms with Gasteiger partial charge in [0, 0.05) is 27.6 Å². The summed E-state index contributed by atoms with van der Waals surface area (Å²) >= 11 is 3.44. The van der Waals surface area contributed by atoms with Gasteiger partial charge in [-0.1, -0.05) is 15.9 Å². The Morgan fingerprint density at radius 2 is 2.18 bits per heavy atom. The number of carbonyl (C=O) groups excluding carboxylic acids is 1. The minimum Gasteiger partial charge on any atom is -0.480 e. The Kier molecular flexibility index (Phi) is 3.28. The molecule has 0 saturated carbocycles. The molecular formula is C12H11BrN2O2. The predicted octanol–water partition coefficient (Wildman–Crippen LogP) is 2.25. The number of aromatic nitrogens is 1. The van der Waals surface area contributed by atoms with Crippen molar-refractivity contribution in [3.8, 4) is 5.75 Å². The highest BCUT2D eigenvalue weighted by molar-refractivity contribution is 9.10. The van der Waals surface area contributed by atoms with Crippen molar-refractivity contribution in [1.82, 2.24) is 4.98 Å². The van der Waals surface area contributed by atoms with Crippen LogP contribution in [0.2, 0.25) is 0 Å². The molecule has 5 heteroatoms. The van der Waals surface area contributed by atoms with Gasteiger partial charge in [0.2, 0.25) is 0 Å². The number of nitrogens with zero attached hydrogens (tertiary/aromatic N) is 1. The van der Waals surface area contributed by atoms with Gasteiger partial charge >= 0.3 is 0 Å². The molecule has 1 amide bonds. The Labute approximate surface area is 107 Å². The van der Waals surface area contributed by atoms with Gasteiger partial charge in [-0.25, -0.2) is 0 Å². The first-order valence-corrected chi connectivity index (χ1v) is 5.87. The van der Waals surface area contributed by atoms with Gasteiger partial charge in [0.15, 0.2) is 6.10 Å². The SMILES string of the molecule is CC(Oc1ccc(Br)c2cnccc12)C(N)=O. The van der Waals surface area contributed by atoms with Crippen LogP contribution in [-0.4, -0.2) is 17.0 Å². The van der Waals surface area contributed by atoms with E-state index in [1.165, 1.54) is 0 Å². The molecule has 88 valence electrons. The predicted molar refractivity (Wildman–Crippen MR) is 68.7 cm³/mol. The van der Waals surface area contributed by atoms with Crippen molar-refractivity contribution in [2.24, 2.45) is 5.73 Å². The number of hydrogen-bond donors (Lipinski definition) is 1. The number of primary amides is 1. The van der Waals surface area contributed by atoms with Crippen LogP contribution < -0.4 is 10.5 Å². The van der Waals surface area contributed by atoms with Crippen molar-refractivity contribution in [2.45, 2.75) is 13.0 Å². The molecule has 1 aromatic carbocycles. The van der Waals surface area contributed by atoms with Gasteiger partial charge in [0.1, 0.15) is 5.75 Å². The summed E-state index contributed by atoms with van der Waals surface area (Å²) in [6.45, 7) is 1.62. The highest BCUT2D eigenvalue weighted by atomic mass is 79.9. The Hall–Kier alpha value is -1.62. The average Bonchev–Trinajstić information content (AvgIpc) is 2.33. The van der Waals surface area contributed by atoms with Gasteiger partial charge in [-0.2, -0.15) is 0 Å². The van der Waals surface area contributed by atoms with Gasteiger partial charge in [-0.05, 0) is 25.1 Å². The largest absolute Gasteiger partial charge is 0.480 e. The molecule has 1 atom stereocenters. The number of benzene rings is 1. The lowest BCUT2D eigenvalue weighted by molar-refractivity contribution is -0.123. The molecular weight excluding hydrogens is 284 g/mol. The van der Waals surface area contributed by atoms with Crippen LogP contribution in [0.25, 0.3) is 10.8 Å². The van der Waals surface area contributed by atoms with Crippen LogP contribution in [0.3, 0.4) is 0 Å². The minimum atomic E-state index is -0.660. The van der Waals surface area contributed by atoms with Crippen molar-refractivity contribution < 1.29 is 9.53 Å². The molecule has 0 aliphatic heterocycles. The topological polar surface area (TPSA) is 65.2 Å². The normalized spacial score (nSPS) is 12.4. The van der Waals surface area contributed by atoms with E-state index < -0.39 is 12.0 Å². The second kappa shape index (κ2) is 4.71. The maximum Gasteiger partial charge on any atom is 0.258 e. The number of rotatable bonds is 3. The Balaban J connectivity index is 2.48. The average molecular weight is 295 g/mol. The zero-order valence-electron chi connectivity index (χ0n) is 9.18. The number of amides is 1. The molecule has 0 spiro atoms. The standard InChI is InChI=1S/C12H11BrN2O2/c1-7(12(14)16)17-11-3-2-10(13)9-6-15-5-4-8(9)11/h2-7H,1H3,(H2,14,16). The monoisotopic (exact) mass is 294 g/mol. The van der Waals surface area contributed by atoms with E-state index in [1.807, 2.05) is 12.1 Å². The van der Waals surface area contributed by atoms with Crippen LogP contribution in [0, 0.1) is 0 Å². The second-order valence-corrected chi connectivity index (χ2v) is 4.48. The lowest BCUT2D eigenvalue weighted by atomic mass is 10.1. The van der Waals surface area contributed by atoms with Crippen LogP contribution in [0.5, 0.6) is 5.75 Å².